The van der Waals surface area contributed by atoms with Crippen molar-refractivity contribution in [3.05, 3.63) is 48.0 Å². The highest BCUT2D eigenvalue weighted by Gasteiger charge is 2.24. The smallest absolute Gasteiger partial charge is 0.319 e. The molecule has 0 spiro atoms. The van der Waals surface area contributed by atoms with Crippen LogP contribution < -0.4 is 25.4 Å². The third-order valence-electron chi connectivity index (χ3n) is 4.37. The van der Waals surface area contributed by atoms with Crippen LogP contribution in [0.2, 0.25) is 0 Å². The number of carbonyl (C=O) groups is 2. The lowest BCUT2D eigenvalue weighted by Crippen LogP contribution is -2.37. The number of anilines is 2. The Hall–Kier alpha value is -3.22. The quantitative estimate of drug-likeness (QED) is 0.791. The molecule has 2 heterocycles. The van der Waals surface area contributed by atoms with Crippen LogP contribution in [-0.4, -0.2) is 30.7 Å². The second kappa shape index (κ2) is 6.59. The molecule has 2 unspecified atom stereocenters. The summed E-state index contributed by atoms with van der Waals surface area (Å²) in [6.45, 7) is 2.09. The van der Waals surface area contributed by atoms with E-state index >= 15 is 0 Å². The fourth-order valence-electron chi connectivity index (χ4n) is 3.04. The van der Waals surface area contributed by atoms with E-state index in [4.69, 9.17) is 9.47 Å². The summed E-state index contributed by atoms with van der Waals surface area (Å²) < 4.78 is 11.3. The van der Waals surface area contributed by atoms with Gasteiger partial charge in [-0.15, -0.1) is 0 Å². The van der Waals surface area contributed by atoms with Crippen molar-refractivity contribution in [2.45, 2.75) is 25.6 Å². The minimum atomic E-state index is -0.528. The second-order valence-corrected chi connectivity index (χ2v) is 6.35. The summed E-state index contributed by atoms with van der Waals surface area (Å²) in [4.78, 5) is 23.8. The first-order chi connectivity index (χ1) is 12.6. The van der Waals surface area contributed by atoms with Gasteiger partial charge in [-0.1, -0.05) is 18.2 Å². The molecule has 2 aliphatic rings. The normalized spacial score (nSPS) is 20.1. The van der Waals surface area contributed by atoms with E-state index in [1.807, 2.05) is 24.3 Å². The predicted molar refractivity (Wildman–Crippen MR) is 96.7 cm³/mol. The average Bonchev–Trinajstić information content (AvgIpc) is 3.04. The van der Waals surface area contributed by atoms with Crippen LogP contribution in [0.5, 0.6) is 11.5 Å². The van der Waals surface area contributed by atoms with Gasteiger partial charge in [0.1, 0.15) is 17.6 Å². The topological polar surface area (TPSA) is 88.7 Å². The molecule has 0 saturated heterocycles. The molecule has 0 aromatic heterocycles. The molecule has 0 radical (unpaired) electrons. The number of amides is 3. The largest absolute Gasteiger partial charge is 0.488 e. The number of carbonyl (C=O) groups excluding carboxylic acids is 2. The monoisotopic (exact) mass is 353 g/mol. The van der Waals surface area contributed by atoms with E-state index in [-0.39, 0.29) is 18.0 Å². The highest BCUT2D eigenvalue weighted by Crippen LogP contribution is 2.32. The van der Waals surface area contributed by atoms with Gasteiger partial charge in [-0.05, 0) is 36.8 Å². The summed E-state index contributed by atoms with van der Waals surface area (Å²) in [5, 5.41) is 8.32. The Morgan fingerprint density at radius 3 is 2.88 bits per heavy atom. The number of urea groups is 1. The number of rotatable bonds is 3. The van der Waals surface area contributed by atoms with E-state index in [1.54, 1.807) is 25.1 Å². The average molecular weight is 353 g/mol. The molecule has 0 bridgehead atoms. The van der Waals surface area contributed by atoms with Gasteiger partial charge >= 0.3 is 6.03 Å². The Morgan fingerprint density at radius 1 is 1.19 bits per heavy atom. The van der Waals surface area contributed by atoms with Gasteiger partial charge in [-0.25, -0.2) is 4.79 Å². The lowest BCUT2D eigenvalue weighted by Gasteiger charge is -2.23. The van der Waals surface area contributed by atoms with Gasteiger partial charge in [0.15, 0.2) is 6.10 Å². The van der Waals surface area contributed by atoms with Crippen molar-refractivity contribution in [3.63, 3.8) is 0 Å². The predicted octanol–water partition coefficient (Wildman–Crippen LogP) is 2.53. The van der Waals surface area contributed by atoms with Crippen LogP contribution in [0.15, 0.2) is 42.5 Å². The molecule has 3 N–H and O–H groups in total. The van der Waals surface area contributed by atoms with Gasteiger partial charge < -0.3 is 25.4 Å². The van der Waals surface area contributed by atoms with E-state index in [1.165, 1.54) is 0 Å². The van der Waals surface area contributed by atoms with Crippen LogP contribution in [0.1, 0.15) is 12.5 Å². The first kappa shape index (κ1) is 16.3. The van der Waals surface area contributed by atoms with Crippen molar-refractivity contribution in [1.29, 1.82) is 0 Å². The summed E-state index contributed by atoms with van der Waals surface area (Å²) in [5.41, 5.74) is 2.26. The van der Waals surface area contributed by atoms with Crippen molar-refractivity contribution in [2.75, 3.05) is 17.2 Å². The lowest BCUT2D eigenvalue weighted by atomic mass is 10.1. The zero-order chi connectivity index (χ0) is 18.1. The van der Waals surface area contributed by atoms with Crippen molar-refractivity contribution in [1.82, 2.24) is 5.32 Å². The zero-order valence-corrected chi connectivity index (χ0v) is 14.2. The Balaban J connectivity index is 1.32. The van der Waals surface area contributed by atoms with Crippen molar-refractivity contribution >= 4 is 23.3 Å². The number of para-hydroxylation sites is 1. The number of benzene rings is 2. The van der Waals surface area contributed by atoms with Gasteiger partial charge in [0.05, 0.1) is 12.2 Å². The van der Waals surface area contributed by atoms with Crippen LogP contribution in [0, 0.1) is 0 Å². The van der Waals surface area contributed by atoms with E-state index < -0.39 is 6.10 Å². The third kappa shape index (κ3) is 3.28. The van der Waals surface area contributed by atoms with Crippen molar-refractivity contribution in [3.8, 4) is 11.5 Å². The summed E-state index contributed by atoms with van der Waals surface area (Å²) in [6, 6.07) is 12.6. The minimum Gasteiger partial charge on any atom is -0.488 e. The summed E-state index contributed by atoms with van der Waals surface area (Å²) in [6.07, 6.45) is 0.174. The first-order valence-electron chi connectivity index (χ1n) is 8.49. The number of fused-ring (bicyclic) bond motifs is 2. The highest BCUT2D eigenvalue weighted by atomic mass is 16.5. The summed E-state index contributed by atoms with van der Waals surface area (Å²) in [5.74, 6) is 1.25. The van der Waals surface area contributed by atoms with Gasteiger partial charge in [0.2, 0.25) is 0 Å². The van der Waals surface area contributed by atoms with Crippen LogP contribution in [0.25, 0.3) is 0 Å². The fourth-order valence-corrected chi connectivity index (χ4v) is 3.04. The number of hydrogen-bond acceptors (Lipinski definition) is 4. The fraction of sp³-hybridized carbons (Fsp3) is 0.263. The number of nitrogens with one attached hydrogen (secondary N) is 3. The number of hydrogen-bond donors (Lipinski definition) is 3. The Bertz CT molecular complexity index is 843. The summed E-state index contributed by atoms with van der Waals surface area (Å²) >= 11 is 0. The standard InChI is InChI=1S/C19H19N3O4/c1-11-18(23)22-15-9-13(6-7-17(15)25-11)21-19(24)20-10-14-8-12-4-2-3-5-16(12)26-14/h2-7,9,11,14H,8,10H2,1H3,(H,22,23)(H2,20,21,24). The molecule has 7 heteroatoms. The van der Waals surface area contributed by atoms with Crippen LogP contribution >= 0.6 is 0 Å². The maximum atomic E-state index is 12.1. The molecule has 7 nitrogen and oxygen atoms in total. The molecule has 2 aliphatic heterocycles. The molecule has 2 aromatic carbocycles. The minimum absolute atomic E-state index is 0.0733. The van der Waals surface area contributed by atoms with E-state index in [2.05, 4.69) is 16.0 Å². The van der Waals surface area contributed by atoms with Crippen molar-refractivity contribution < 1.29 is 19.1 Å². The molecular formula is C19H19N3O4. The molecular weight excluding hydrogens is 334 g/mol. The molecule has 26 heavy (non-hydrogen) atoms. The SMILES string of the molecule is CC1Oc2ccc(NC(=O)NCC3Cc4ccccc4O3)cc2NC1=O. The van der Waals surface area contributed by atoms with Gasteiger partial charge in [0.25, 0.3) is 5.91 Å². The zero-order valence-electron chi connectivity index (χ0n) is 14.2. The van der Waals surface area contributed by atoms with Crippen LogP contribution in [0.3, 0.4) is 0 Å². The molecule has 0 saturated carbocycles. The number of ether oxygens (including phenoxy) is 2. The maximum absolute atomic E-state index is 12.1. The molecule has 4 rings (SSSR count). The molecule has 3 amide bonds. The van der Waals surface area contributed by atoms with Gasteiger partial charge in [0, 0.05) is 12.1 Å². The first-order valence-corrected chi connectivity index (χ1v) is 8.49. The van der Waals surface area contributed by atoms with E-state index in [0.29, 0.717) is 23.7 Å². The molecule has 0 fully saturated rings. The molecule has 2 aromatic rings. The molecule has 2 atom stereocenters. The van der Waals surface area contributed by atoms with Gasteiger partial charge in [-0.3, -0.25) is 4.79 Å². The second-order valence-electron chi connectivity index (χ2n) is 6.35. The maximum Gasteiger partial charge on any atom is 0.319 e. The van der Waals surface area contributed by atoms with Crippen LogP contribution in [0.4, 0.5) is 16.2 Å². The highest BCUT2D eigenvalue weighted by molar-refractivity contribution is 5.99. The van der Waals surface area contributed by atoms with Gasteiger partial charge in [-0.2, -0.15) is 0 Å². The Morgan fingerprint density at radius 2 is 2.04 bits per heavy atom. The Labute approximate surface area is 150 Å². The van der Waals surface area contributed by atoms with Crippen molar-refractivity contribution in [2.24, 2.45) is 0 Å². The molecule has 134 valence electrons. The van der Waals surface area contributed by atoms with Crippen LogP contribution in [-0.2, 0) is 11.2 Å². The van der Waals surface area contributed by atoms with E-state index in [9.17, 15) is 9.59 Å². The van der Waals surface area contributed by atoms with E-state index in [0.717, 1.165) is 17.7 Å². The molecule has 0 aliphatic carbocycles. The third-order valence-corrected chi connectivity index (χ3v) is 4.37. The lowest BCUT2D eigenvalue weighted by molar-refractivity contribution is -0.122. The summed E-state index contributed by atoms with van der Waals surface area (Å²) in [7, 11) is 0. The Kier molecular flexibility index (Phi) is 4.12.